The van der Waals surface area contributed by atoms with E-state index in [4.69, 9.17) is 5.73 Å². The maximum absolute atomic E-state index is 13.6. The molecule has 1 aromatic carbocycles. The molecule has 0 spiro atoms. The normalized spacial score (nSPS) is 13.2. The van der Waals surface area contributed by atoms with Crippen molar-refractivity contribution in [3.05, 3.63) is 34.9 Å². The van der Waals surface area contributed by atoms with Crippen molar-refractivity contribution in [1.82, 2.24) is 0 Å². The Hall–Kier alpha value is -0.960. The number of halogens is 2. The van der Waals surface area contributed by atoms with Gasteiger partial charge in [0.1, 0.15) is 0 Å². The third-order valence-electron chi connectivity index (χ3n) is 2.88. The van der Waals surface area contributed by atoms with Crippen LogP contribution in [0.25, 0.3) is 0 Å². The lowest BCUT2D eigenvalue weighted by Gasteiger charge is -2.15. The van der Waals surface area contributed by atoms with Gasteiger partial charge in [-0.25, -0.2) is 8.78 Å². The standard InChI is InChI=1S/C13H19F2N/c1-8(2)10-6-11(9(3)4-5-16)13(15)12(14)7-10/h6-9H,4-5,16H2,1-3H3. The van der Waals surface area contributed by atoms with Gasteiger partial charge >= 0.3 is 0 Å². The van der Waals surface area contributed by atoms with Crippen LogP contribution in [0, 0.1) is 11.6 Å². The van der Waals surface area contributed by atoms with E-state index in [-0.39, 0.29) is 11.8 Å². The maximum Gasteiger partial charge on any atom is 0.162 e. The molecule has 0 aliphatic heterocycles. The van der Waals surface area contributed by atoms with E-state index in [2.05, 4.69) is 0 Å². The van der Waals surface area contributed by atoms with Gasteiger partial charge in [0.15, 0.2) is 11.6 Å². The van der Waals surface area contributed by atoms with Crippen molar-refractivity contribution in [3.8, 4) is 0 Å². The van der Waals surface area contributed by atoms with Crippen LogP contribution in [0.2, 0.25) is 0 Å². The lowest BCUT2D eigenvalue weighted by molar-refractivity contribution is 0.485. The minimum absolute atomic E-state index is 0.0433. The molecule has 0 aliphatic rings. The topological polar surface area (TPSA) is 26.0 Å². The monoisotopic (exact) mass is 227 g/mol. The molecule has 0 saturated carbocycles. The van der Waals surface area contributed by atoms with Gasteiger partial charge in [-0.1, -0.05) is 26.8 Å². The van der Waals surface area contributed by atoms with Gasteiger partial charge < -0.3 is 5.73 Å². The second-order valence-electron chi connectivity index (χ2n) is 4.54. The first kappa shape index (κ1) is 13.1. The zero-order chi connectivity index (χ0) is 12.3. The van der Waals surface area contributed by atoms with Crippen LogP contribution in [-0.4, -0.2) is 6.54 Å². The summed E-state index contributed by atoms with van der Waals surface area (Å²) in [4.78, 5) is 0. The molecule has 0 aliphatic carbocycles. The lowest BCUT2D eigenvalue weighted by Crippen LogP contribution is -2.08. The van der Waals surface area contributed by atoms with Crippen LogP contribution in [0.15, 0.2) is 12.1 Å². The van der Waals surface area contributed by atoms with Gasteiger partial charge in [0, 0.05) is 0 Å². The summed E-state index contributed by atoms with van der Waals surface area (Å²) < 4.78 is 27.0. The zero-order valence-corrected chi connectivity index (χ0v) is 10.1. The molecular formula is C13H19F2N. The van der Waals surface area contributed by atoms with Crippen molar-refractivity contribution in [2.75, 3.05) is 6.54 Å². The van der Waals surface area contributed by atoms with Gasteiger partial charge in [0.25, 0.3) is 0 Å². The highest BCUT2D eigenvalue weighted by molar-refractivity contribution is 5.30. The molecule has 1 nitrogen and oxygen atoms in total. The molecule has 2 N–H and O–H groups in total. The first-order chi connectivity index (χ1) is 7.47. The number of rotatable bonds is 4. The molecule has 1 atom stereocenters. The molecule has 0 saturated heterocycles. The Morgan fingerprint density at radius 3 is 2.31 bits per heavy atom. The van der Waals surface area contributed by atoms with Crippen LogP contribution in [0.1, 0.15) is 50.2 Å². The summed E-state index contributed by atoms with van der Waals surface area (Å²) in [5.41, 5.74) is 6.71. The van der Waals surface area contributed by atoms with Crippen molar-refractivity contribution in [1.29, 1.82) is 0 Å². The van der Waals surface area contributed by atoms with E-state index in [9.17, 15) is 8.78 Å². The average Bonchev–Trinajstić information content (AvgIpc) is 2.21. The van der Waals surface area contributed by atoms with E-state index < -0.39 is 11.6 Å². The van der Waals surface area contributed by atoms with Crippen LogP contribution in [0.4, 0.5) is 8.78 Å². The van der Waals surface area contributed by atoms with Gasteiger partial charge in [-0.2, -0.15) is 0 Å². The van der Waals surface area contributed by atoms with Crippen molar-refractivity contribution >= 4 is 0 Å². The third kappa shape index (κ3) is 2.79. The Kier molecular flexibility index (Phi) is 4.42. The molecular weight excluding hydrogens is 208 g/mol. The summed E-state index contributed by atoms with van der Waals surface area (Å²) in [5.74, 6) is -1.34. The fourth-order valence-corrected chi connectivity index (χ4v) is 1.73. The molecule has 3 heteroatoms. The van der Waals surface area contributed by atoms with Gasteiger partial charge in [-0.3, -0.25) is 0 Å². The quantitative estimate of drug-likeness (QED) is 0.836. The summed E-state index contributed by atoms with van der Waals surface area (Å²) in [6.07, 6.45) is 0.665. The maximum atomic E-state index is 13.6. The Labute approximate surface area is 95.7 Å². The second kappa shape index (κ2) is 5.39. The molecule has 16 heavy (non-hydrogen) atoms. The summed E-state index contributed by atoms with van der Waals surface area (Å²) in [6.45, 7) is 6.27. The minimum atomic E-state index is -0.759. The van der Waals surface area contributed by atoms with Gasteiger partial charge in [-0.05, 0) is 42.0 Å². The third-order valence-corrected chi connectivity index (χ3v) is 2.88. The largest absolute Gasteiger partial charge is 0.330 e. The average molecular weight is 227 g/mol. The fourth-order valence-electron chi connectivity index (χ4n) is 1.73. The summed E-state index contributed by atoms with van der Waals surface area (Å²) in [5, 5.41) is 0. The first-order valence-electron chi connectivity index (χ1n) is 5.66. The number of benzene rings is 1. The van der Waals surface area contributed by atoms with Crippen LogP contribution >= 0.6 is 0 Å². The first-order valence-corrected chi connectivity index (χ1v) is 5.66. The molecule has 90 valence electrons. The number of hydrogen-bond donors (Lipinski definition) is 1. The number of hydrogen-bond acceptors (Lipinski definition) is 1. The number of nitrogens with two attached hydrogens (primary N) is 1. The Bertz CT molecular complexity index is 361. The Balaban J connectivity index is 3.16. The molecule has 0 aromatic heterocycles. The van der Waals surface area contributed by atoms with Gasteiger partial charge in [0.2, 0.25) is 0 Å². The minimum Gasteiger partial charge on any atom is -0.330 e. The summed E-state index contributed by atoms with van der Waals surface area (Å²) in [6, 6.07) is 3.03. The molecule has 1 unspecified atom stereocenters. The van der Waals surface area contributed by atoms with Crippen LogP contribution in [0.5, 0.6) is 0 Å². The fraction of sp³-hybridized carbons (Fsp3) is 0.538. The highest BCUT2D eigenvalue weighted by atomic mass is 19.2. The molecule has 0 bridgehead atoms. The second-order valence-corrected chi connectivity index (χ2v) is 4.54. The summed E-state index contributed by atoms with van der Waals surface area (Å²) >= 11 is 0. The van der Waals surface area contributed by atoms with E-state index in [0.29, 0.717) is 18.5 Å². The van der Waals surface area contributed by atoms with Crippen molar-refractivity contribution in [2.45, 2.75) is 39.0 Å². The van der Waals surface area contributed by atoms with E-state index in [1.165, 1.54) is 6.07 Å². The molecule has 1 rings (SSSR count). The zero-order valence-electron chi connectivity index (χ0n) is 10.1. The van der Waals surface area contributed by atoms with Gasteiger partial charge in [-0.15, -0.1) is 0 Å². The molecule has 0 amide bonds. The predicted molar refractivity (Wildman–Crippen MR) is 62.5 cm³/mol. The van der Waals surface area contributed by atoms with Crippen molar-refractivity contribution < 1.29 is 8.78 Å². The van der Waals surface area contributed by atoms with E-state index in [1.54, 1.807) is 6.07 Å². The van der Waals surface area contributed by atoms with Gasteiger partial charge in [0.05, 0.1) is 0 Å². The van der Waals surface area contributed by atoms with E-state index in [1.807, 2.05) is 20.8 Å². The van der Waals surface area contributed by atoms with Crippen molar-refractivity contribution in [3.63, 3.8) is 0 Å². The van der Waals surface area contributed by atoms with Crippen LogP contribution < -0.4 is 5.73 Å². The van der Waals surface area contributed by atoms with E-state index in [0.717, 1.165) is 5.56 Å². The molecule has 0 heterocycles. The molecule has 0 radical (unpaired) electrons. The van der Waals surface area contributed by atoms with Crippen LogP contribution in [0.3, 0.4) is 0 Å². The molecule has 1 aromatic rings. The Morgan fingerprint density at radius 2 is 1.81 bits per heavy atom. The SMILES string of the molecule is CC(C)c1cc(F)c(F)c(C(C)CCN)c1. The van der Waals surface area contributed by atoms with E-state index >= 15 is 0 Å². The van der Waals surface area contributed by atoms with Crippen LogP contribution in [-0.2, 0) is 0 Å². The molecule has 0 fully saturated rings. The predicted octanol–water partition coefficient (Wildman–Crippen LogP) is 3.54. The highest BCUT2D eigenvalue weighted by Crippen LogP contribution is 2.27. The highest BCUT2D eigenvalue weighted by Gasteiger charge is 2.16. The summed E-state index contributed by atoms with van der Waals surface area (Å²) in [7, 11) is 0. The Morgan fingerprint density at radius 1 is 1.19 bits per heavy atom. The smallest absolute Gasteiger partial charge is 0.162 e. The lowest BCUT2D eigenvalue weighted by atomic mass is 9.92. The van der Waals surface area contributed by atoms with Crippen molar-refractivity contribution in [2.24, 2.45) is 5.73 Å².